The molecule has 0 radical (unpaired) electrons. The Morgan fingerprint density at radius 1 is 1.28 bits per heavy atom. The zero-order chi connectivity index (χ0) is 18.0. The molecule has 1 saturated heterocycles. The lowest BCUT2D eigenvalue weighted by Gasteiger charge is -2.22. The summed E-state index contributed by atoms with van der Waals surface area (Å²) in [4.78, 5) is 37.8. The van der Waals surface area contributed by atoms with E-state index in [1.807, 2.05) is 0 Å². The molecule has 0 saturated carbocycles. The van der Waals surface area contributed by atoms with E-state index in [2.05, 4.69) is 4.98 Å². The molecule has 8 nitrogen and oxygen atoms in total. The molecule has 8 heteroatoms. The van der Waals surface area contributed by atoms with Crippen LogP contribution < -0.4 is 11.2 Å². The van der Waals surface area contributed by atoms with E-state index in [4.69, 9.17) is 9.47 Å². The van der Waals surface area contributed by atoms with E-state index in [0.29, 0.717) is 5.56 Å². The minimum Gasteiger partial charge on any atom is -0.454 e. The summed E-state index contributed by atoms with van der Waals surface area (Å²) in [7, 11) is 0. The van der Waals surface area contributed by atoms with Gasteiger partial charge in [-0.1, -0.05) is 25.1 Å². The molecule has 0 amide bonds. The van der Waals surface area contributed by atoms with E-state index in [1.165, 1.54) is 12.3 Å². The number of carbonyl (C=O) groups is 1. The van der Waals surface area contributed by atoms with Gasteiger partial charge in [0.05, 0.1) is 18.3 Å². The number of H-pyrrole nitrogens is 1. The maximum atomic E-state index is 12.4. The standard InChI is InChI=1S/C17H18N2O6/c1-10-12(9-20)24-15(19-8-7-13(21)18-17(19)23)14(10)25-16(22)11-5-3-2-4-6-11/h2-8,10,12,14-15,20H,9H2,1H3,(H,18,21,23)/t10-,12-,14-,15-/m1/s1. The van der Waals surface area contributed by atoms with Crippen molar-refractivity contribution < 1.29 is 19.4 Å². The van der Waals surface area contributed by atoms with Crippen LogP contribution in [-0.4, -0.2) is 39.4 Å². The fourth-order valence-corrected chi connectivity index (χ4v) is 2.84. The fourth-order valence-electron chi connectivity index (χ4n) is 2.84. The van der Waals surface area contributed by atoms with Crippen LogP contribution in [0.4, 0.5) is 0 Å². The lowest BCUT2D eigenvalue weighted by Crippen LogP contribution is -2.37. The topological polar surface area (TPSA) is 111 Å². The van der Waals surface area contributed by atoms with Gasteiger partial charge in [0.1, 0.15) is 0 Å². The second kappa shape index (κ2) is 7.04. The number of nitrogens with one attached hydrogen (secondary N) is 1. The van der Waals surface area contributed by atoms with E-state index >= 15 is 0 Å². The van der Waals surface area contributed by atoms with E-state index in [-0.39, 0.29) is 12.5 Å². The van der Waals surface area contributed by atoms with Crippen LogP contribution in [0.5, 0.6) is 0 Å². The van der Waals surface area contributed by atoms with Gasteiger partial charge in [0.25, 0.3) is 5.56 Å². The Bertz CT molecular complexity index is 859. The highest BCUT2D eigenvalue weighted by Gasteiger charge is 2.45. The summed E-state index contributed by atoms with van der Waals surface area (Å²) in [6.45, 7) is 1.48. The predicted octanol–water partition coefficient (Wildman–Crippen LogP) is 0.288. The van der Waals surface area contributed by atoms with Crippen LogP contribution in [0.1, 0.15) is 23.5 Å². The van der Waals surface area contributed by atoms with Crippen molar-refractivity contribution in [1.82, 2.24) is 9.55 Å². The zero-order valence-corrected chi connectivity index (χ0v) is 13.5. The van der Waals surface area contributed by atoms with Gasteiger partial charge in [-0.05, 0) is 12.1 Å². The summed E-state index contributed by atoms with van der Waals surface area (Å²) in [5.41, 5.74) is -0.845. The number of aliphatic hydroxyl groups excluding tert-OH is 1. The van der Waals surface area contributed by atoms with Crippen molar-refractivity contribution in [2.75, 3.05) is 6.61 Å². The van der Waals surface area contributed by atoms with E-state index < -0.39 is 35.7 Å². The van der Waals surface area contributed by atoms with Gasteiger partial charge in [-0.25, -0.2) is 9.59 Å². The monoisotopic (exact) mass is 346 g/mol. The number of aromatic nitrogens is 2. The highest BCUT2D eigenvalue weighted by atomic mass is 16.6. The Morgan fingerprint density at radius 3 is 2.64 bits per heavy atom. The molecule has 0 bridgehead atoms. The van der Waals surface area contributed by atoms with Crippen molar-refractivity contribution in [3.8, 4) is 0 Å². The molecule has 1 aliphatic rings. The van der Waals surface area contributed by atoms with Crippen LogP contribution in [0.2, 0.25) is 0 Å². The summed E-state index contributed by atoms with van der Waals surface area (Å²) < 4.78 is 12.4. The first-order valence-electron chi connectivity index (χ1n) is 7.85. The maximum absolute atomic E-state index is 12.4. The molecule has 4 atom stereocenters. The van der Waals surface area contributed by atoms with Crippen molar-refractivity contribution in [2.45, 2.75) is 25.4 Å². The molecule has 3 rings (SSSR count). The van der Waals surface area contributed by atoms with Gasteiger partial charge in [0.15, 0.2) is 12.3 Å². The Morgan fingerprint density at radius 2 is 2.00 bits per heavy atom. The van der Waals surface area contributed by atoms with E-state index in [9.17, 15) is 19.5 Å². The highest BCUT2D eigenvalue weighted by molar-refractivity contribution is 5.89. The summed E-state index contributed by atoms with van der Waals surface area (Å²) in [5, 5.41) is 9.47. The Kier molecular flexibility index (Phi) is 4.82. The smallest absolute Gasteiger partial charge is 0.338 e. The first-order chi connectivity index (χ1) is 12.0. The minimum atomic E-state index is -0.941. The molecule has 0 unspecified atom stereocenters. The minimum absolute atomic E-state index is 0.283. The van der Waals surface area contributed by atoms with Gasteiger partial charge in [-0.2, -0.15) is 0 Å². The third-order valence-corrected chi connectivity index (χ3v) is 4.26. The number of benzene rings is 1. The number of hydrogen-bond acceptors (Lipinski definition) is 6. The third kappa shape index (κ3) is 3.40. The van der Waals surface area contributed by atoms with Gasteiger partial charge in [0.2, 0.25) is 0 Å². The number of esters is 1. The Labute approximate surface area is 142 Å². The number of rotatable bonds is 4. The normalized spacial score (nSPS) is 25.7. The van der Waals surface area contributed by atoms with Crippen molar-refractivity contribution in [2.24, 2.45) is 5.92 Å². The third-order valence-electron chi connectivity index (χ3n) is 4.26. The summed E-state index contributed by atoms with van der Waals surface area (Å²) in [6.07, 6.45) is -1.06. The SMILES string of the molecule is C[C@H]1[C@@H](OC(=O)c2ccccc2)[C@H](n2ccc(=O)[nH]c2=O)O[C@@H]1CO. The Balaban J connectivity index is 1.91. The van der Waals surface area contributed by atoms with Gasteiger partial charge in [-0.3, -0.25) is 14.3 Å². The fraction of sp³-hybridized carbons (Fsp3) is 0.353. The van der Waals surface area contributed by atoms with E-state index in [0.717, 1.165) is 4.57 Å². The molecule has 25 heavy (non-hydrogen) atoms. The zero-order valence-electron chi connectivity index (χ0n) is 13.5. The first kappa shape index (κ1) is 17.1. The number of nitrogens with zero attached hydrogens (tertiary/aromatic N) is 1. The number of aliphatic hydroxyl groups is 1. The van der Waals surface area contributed by atoms with Gasteiger partial charge in [-0.15, -0.1) is 0 Å². The first-order valence-corrected chi connectivity index (χ1v) is 7.85. The molecular weight excluding hydrogens is 328 g/mol. The molecule has 132 valence electrons. The molecule has 2 aromatic rings. The van der Waals surface area contributed by atoms with Crippen LogP contribution in [-0.2, 0) is 9.47 Å². The molecule has 2 N–H and O–H groups in total. The van der Waals surface area contributed by atoms with Crippen molar-refractivity contribution in [1.29, 1.82) is 0 Å². The number of aromatic amines is 1. The largest absolute Gasteiger partial charge is 0.454 e. The molecule has 0 aliphatic carbocycles. The second-order valence-corrected chi connectivity index (χ2v) is 5.86. The van der Waals surface area contributed by atoms with Gasteiger partial charge in [0, 0.05) is 18.2 Å². The molecule has 0 spiro atoms. The average Bonchev–Trinajstić information content (AvgIpc) is 2.92. The van der Waals surface area contributed by atoms with Crippen LogP contribution in [0.3, 0.4) is 0 Å². The van der Waals surface area contributed by atoms with Gasteiger partial charge < -0.3 is 14.6 Å². The number of ether oxygens (including phenoxy) is 2. The summed E-state index contributed by atoms with van der Waals surface area (Å²) >= 11 is 0. The van der Waals surface area contributed by atoms with Crippen LogP contribution in [0, 0.1) is 5.92 Å². The lowest BCUT2D eigenvalue weighted by atomic mass is 10.0. The molecule has 1 aromatic carbocycles. The molecule has 1 fully saturated rings. The molecular formula is C17H18N2O6. The quantitative estimate of drug-likeness (QED) is 0.770. The highest BCUT2D eigenvalue weighted by Crippen LogP contribution is 2.35. The van der Waals surface area contributed by atoms with E-state index in [1.54, 1.807) is 37.3 Å². The van der Waals surface area contributed by atoms with Gasteiger partial charge >= 0.3 is 11.7 Å². The van der Waals surface area contributed by atoms with Crippen LogP contribution >= 0.6 is 0 Å². The summed E-state index contributed by atoms with van der Waals surface area (Å²) in [6, 6.07) is 9.62. The average molecular weight is 346 g/mol. The van der Waals surface area contributed by atoms with Crippen molar-refractivity contribution in [3.63, 3.8) is 0 Å². The predicted molar refractivity (Wildman–Crippen MR) is 87.1 cm³/mol. The second-order valence-electron chi connectivity index (χ2n) is 5.86. The van der Waals surface area contributed by atoms with Crippen LogP contribution in [0.25, 0.3) is 0 Å². The number of carbonyl (C=O) groups excluding carboxylic acids is 1. The maximum Gasteiger partial charge on any atom is 0.338 e. The van der Waals surface area contributed by atoms with Crippen molar-refractivity contribution >= 4 is 5.97 Å². The Hall–Kier alpha value is -2.71. The molecule has 2 heterocycles. The summed E-state index contributed by atoms with van der Waals surface area (Å²) in [5.74, 6) is -0.899. The lowest BCUT2D eigenvalue weighted by molar-refractivity contribution is -0.0602. The van der Waals surface area contributed by atoms with Crippen LogP contribution in [0.15, 0.2) is 52.2 Å². The molecule has 1 aliphatic heterocycles. The number of hydrogen-bond donors (Lipinski definition) is 2. The molecule has 1 aromatic heterocycles. The van der Waals surface area contributed by atoms with Crippen molar-refractivity contribution in [3.05, 3.63) is 69.0 Å².